The molecule has 3 nitrogen and oxygen atoms in total. The number of anilines is 1. The van der Waals surface area contributed by atoms with E-state index in [1.807, 2.05) is 25.1 Å². The van der Waals surface area contributed by atoms with E-state index in [0.29, 0.717) is 24.1 Å². The third-order valence-electron chi connectivity index (χ3n) is 2.84. The van der Waals surface area contributed by atoms with Crippen LogP contribution in [0.25, 0.3) is 0 Å². The van der Waals surface area contributed by atoms with Crippen molar-refractivity contribution >= 4 is 33.2 Å². The molecule has 0 amide bonds. The lowest BCUT2D eigenvalue weighted by atomic mass is 10.1. The standard InChI is InChI=1S/C15H23BrClNO2/c1-10(2)6-11(3)20-9-13(19)8-18-12-4-5-15(17)14(16)7-12/h4-5,7,10-11,13,18-19H,6,8-9H2,1-3H3. The second-order valence-corrected chi connectivity index (χ2v) is 6.70. The molecule has 20 heavy (non-hydrogen) atoms. The number of halogens is 2. The van der Waals surface area contributed by atoms with Crippen LogP contribution in [0.4, 0.5) is 5.69 Å². The highest BCUT2D eigenvalue weighted by atomic mass is 79.9. The van der Waals surface area contributed by atoms with Gasteiger partial charge >= 0.3 is 0 Å². The van der Waals surface area contributed by atoms with Crippen molar-refractivity contribution in [3.05, 3.63) is 27.7 Å². The van der Waals surface area contributed by atoms with E-state index in [-0.39, 0.29) is 6.10 Å². The Bertz CT molecular complexity index is 415. The Hall–Kier alpha value is -0.290. The smallest absolute Gasteiger partial charge is 0.0945 e. The molecule has 0 saturated carbocycles. The van der Waals surface area contributed by atoms with Crippen molar-refractivity contribution in [2.75, 3.05) is 18.5 Å². The van der Waals surface area contributed by atoms with Gasteiger partial charge in [-0.15, -0.1) is 0 Å². The van der Waals surface area contributed by atoms with Crippen molar-refractivity contribution in [1.82, 2.24) is 0 Å². The molecule has 2 atom stereocenters. The number of aliphatic hydroxyl groups is 1. The van der Waals surface area contributed by atoms with E-state index in [1.54, 1.807) is 0 Å². The van der Waals surface area contributed by atoms with Crippen LogP contribution in [0.5, 0.6) is 0 Å². The number of ether oxygens (including phenoxy) is 1. The van der Waals surface area contributed by atoms with Crippen LogP contribution >= 0.6 is 27.5 Å². The first-order valence-electron chi connectivity index (χ1n) is 6.87. The van der Waals surface area contributed by atoms with E-state index in [1.165, 1.54) is 0 Å². The molecule has 1 aromatic rings. The van der Waals surface area contributed by atoms with Crippen LogP contribution in [-0.4, -0.2) is 30.5 Å². The third-order valence-corrected chi connectivity index (χ3v) is 4.05. The molecule has 1 aromatic carbocycles. The van der Waals surface area contributed by atoms with Crippen LogP contribution in [0.3, 0.4) is 0 Å². The molecule has 0 saturated heterocycles. The summed E-state index contributed by atoms with van der Waals surface area (Å²) in [5, 5.41) is 13.7. The lowest BCUT2D eigenvalue weighted by Crippen LogP contribution is -2.27. The lowest BCUT2D eigenvalue weighted by molar-refractivity contribution is -0.00443. The molecule has 0 aromatic heterocycles. The fourth-order valence-corrected chi connectivity index (χ4v) is 2.40. The van der Waals surface area contributed by atoms with Crippen LogP contribution in [0.1, 0.15) is 27.2 Å². The second kappa shape index (κ2) is 8.88. The summed E-state index contributed by atoms with van der Waals surface area (Å²) >= 11 is 9.29. The molecule has 2 unspecified atom stereocenters. The van der Waals surface area contributed by atoms with Crippen LogP contribution in [-0.2, 0) is 4.74 Å². The first-order chi connectivity index (χ1) is 9.38. The van der Waals surface area contributed by atoms with Gasteiger partial charge in [-0.1, -0.05) is 25.4 Å². The van der Waals surface area contributed by atoms with Crippen LogP contribution < -0.4 is 5.32 Å². The molecule has 114 valence electrons. The maximum Gasteiger partial charge on any atom is 0.0945 e. The van der Waals surface area contributed by atoms with Crippen molar-refractivity contribution in [3.8, 4) is 0 Å². The summed E-state index contributed by atoms with van der Waals surface area (Å²) in [6.45, 7) is 7.15. The minimum absolute atomic E-state index is 0.175. The number of benzene rings is 1. The lowest BCUT2D eigenvalue weighted by Gasteiger charge is -2.18. The fraction of sp³-hybridized carbons (Fsp3) is 0.600. The van der Waals surface area contributed by atoms with Gasteiger partial charge in [-0.25, -0.2) is 0 Å². The van der Waals surface area contributed by atoms with Crippen molar-refractivity contribution in [2.24, 2.45) is 5.92 Å². The summed E-state index contributed by atoms with van der Waals surface area (Å²) < 4.78 is 6.46. The monoisotopic (exact) mass is 363 g/mol. The molecule has 0 heterocycles. The van der Waals surface area contributed by atoms with Crippen molar-refractivity contribution in [3.63, 3.8) is 0 Å². The Balaban J connectivity index is 2.28. The normalized spacial score (nSPS) is 14.3. The zero-order valence-corrected chi connectivity index (χ0v) is 14.5. The number of hydrogen-bond donors (Lipinski definition) is 2. The first-order valence-corrected chi connectivity index (χ1v) is 8.04. The van der Waals surface area contributed by atoms with Gasteiger partial charge in [-0.3, -0.25) is 0 Å². The Kier molecular flexibility index (Phi) is 7.88. The molecule has 0 aliphatic heterocycles. The molecule has 0 aliphatic carbocycles. The summed E-state index contributed by atoms with van der Waals surface area (Å²) in [6.07, 6.45) is 0.651. The molecule has 0 fully saturated rings. The highest BCUT2D eigenvalue weighted by Gasteiger charge is 2.10. The first kappa shape index (κ1) is 17.8. The molecular weight excluding hydrogens is 342 g/mol. The van der Waals surface area contributed by atoms with Gasteiger partial charge in [0.05, 0.1) is 23.8 Å². The molecule has 0 bridgehead atoms. The van der Waals surface area contributed by atoms with Gasteiger partial charge in [0.25, 0.3) is 0 Å². The van der Waals surface area contributed by atoms with Gasteiger partial charge in [0.15, 0.2) is 0 Å². The number of rotatable bonds is 8. The third kappa shape index (κ3) is 6.93. The molecule has 1 rings (SSSR count). The van der Waals surface area contributed by atoms with E-state index in [0.717, 1.165) is 16.6 Å². The van der Waals surface area contributed by atoms with E-state index in [4.69, 9.17) is 16.3 Å². The van der Waals surface area contributed by atoms with Crippen LogP contribution in [0.15, 0.2) is 22.7 Å². The number of aliphatic hydroxyl groups excluding tert-OH is 1. The highest BCUT2D eigenvalue weighted by molar-refractivity contribution is 9.10. The molecular formula is C15H23BrClNO2. The second-order valence-electron chi connectivity index (χ2n) is 5.44. The van der Waals surface area contributed by atoms with Gasteiger partial charge in [0.2, 0.25) is 0 Å². The Morgan fingerprint density at radius 1 is 1.35 bits per heavy atom. The van der Waals surface area contributed by atoms with Gasteiger partial charge in [-0.2, -0.15) is 0 Å². The number of hydrogen-bond acceptors (Lipinski definition) is 3. The maximum atomic E-state index is 9.89. The van der Waals surface area contributed by atoms with E-state index in [9.17, 15) is 5.11 Å². The van der Waals surface area contributed by atoms with Crippen LogP contribution in [0, 0.1) is 5.92 Å². The molecule has 0 radical (unpaired) electrons. The van der Waals surface area contributed by atoms with Gasteiger partial charge in [0, 0.05) is 16.7 Å². The van der Waals surface area contributed by atoms with Crippen LogP contribution in [0.2, 0.25) is 5.02 Å². The Morgan fingerprint density at radius 2 is 2.05 bits per heavy atom. The minimum atomic E-state index is -0.529. The Morgan fingerprint density at radius 3 is 2.65 bits per heavy atom. The largest absolute Gasteiger partial charge is 0.389 e. The topological polar surface area (TPSA) is 41.5 Å². The minimum Gasteiger partial charge on any atom is -0.389 e. The van der Waals surface area contributed by atoms with E-state index in [2.05, 4.69) is 35.1 Å². The highest BCUT2D eigenvalue weighted by Crippen LogP contribution is 2.25. The van der Waals surface area contributed by atoms with Crippen molar-refractivity contribution < 1.29 is 9.84 Å². The van der Waals surface area contributed by atoms with Crippen molar-refractivity contribution in [2.45, 2.75) is 39.4 Å². The van der Waals surface area contributed by atoms with Crippen molar-refractivity contribution in [1.29, 1.82) is 0 Å². The molecule has 0 aliphatic rings. The Labute approximate surface area is 134 Å². The van der Waals surface area contributed by atoms with E-state index < -0.39 is 6.10 Å². The SMILES string of the molecule is CC(C)CC(C)OCC(O)CNc1ccc(Cl)c(Br)c1. The maximum absolute atomic E-state index is 9.89. The fourth-order valence-electron chi connectivity index (χ4n) is 1.91. The quantitative estimate of drug-likeness (QED) is 0.721. The van der Waals surface area contributed by atoms with E-state index >= 15 is 0 Å². The molecule has 5 heteroatoms. The average Bonchev–Trinajstić information content (AvgIpc) is 2.37. The summed E-state index contributed by atoms with van der Waals surface area (Å²) in [5.74, 6) is 0.603. The zero-order valence-electron chi connectivity index (χ0n) is 12.2. The predicted octanol–water partition coefficient (Wildman–Crippen LogP) is 4.33. The zero-order chi connectivity index (χ0) is 15.1. The predicted molar refractivity (Wildman–Crippen MR) is 88.5 cm³/mol. The molecule has 2 N–H and O–H groups in total. The summed E-state index contributed by atoms with van der Waals surface area (Å²) in [7, 11) is 0. The molecule has 0 spiro atoms. The van der Waals surface area contributed by atoms with Gasteiger partial charge in [-0.05, 0) is 53.4 Å². The average molecular weight is 365 g/mol. The number of nitrogens with one attached hydrogen (secondary N) is 1. The summed E-state index contributed by atoms with van der Waals surface area (Å²) in [5.41, 5.74) is 0.913. The van der Waals surface area contributed by atoms with Gasteiger partial charge < -0.3 is 15.2 Å². The summed E-state index contributed by atoms with van der Waals surface area (Å²) in [6, 6.07) is 5.57. The van der Waals surface area contributed by atoms with Gasteiger partial charge in [0.1, 0.15) is 0 Å². The summed E-state index contributed by atoms with van der Waals surface area (Å²) in [4.78, 5) is 0.